The average molecular weight is 402 g/mol. The Bertz CT molecular complexity index is 901. The molecule has 0 aliphatic carbocycles. The molecule has 2 aromatic carbocycles. The van der Waals surface area contributed by atoms with Crippen molar-refractivity contribution in [3.63, 3.8) is 0 Å². The molecule has 0 unspecified atom stereocenters. The molecule has 0 bridgehead atoms. The van der Waals surface area contributed by atoms with Crippen LogP contribution in [0.5, 0.6) is 0 Å². The summed E-state index contributed by atoms with van der Waals surface area (Å²) in [4.78, 5) is 39.6. The smallest absolute Gasteiger partial charge is 0.418 e. The molecular formula is C21H20ClNO5. The number of nitrogens with zero attached hydrogens (tertiary/aromatic N) is 1. The zero-order chi connectivity index (χ0) is 20.3. The zero-order valence-electron chi connectivity index (χ0n) is 15.6. The molecule has 1 aliphatic heterocycles. The van der Waals surface area contributed by atoms with Crippen LogP contribution < -0.4 is 0 Å². The molecule has 2 atom stereocenters. The van der Waals surface area contributed by atoms with Gasteiger partial charge < -0.3 is 9.47 Å². The Morgan fingerprint density at radius 2 is 1.89 bits per heavy atom. The predicted molar refractivity (Wildman–Crippen MR) is 103 cm³/mol. The van der Waals surface area contributed by atoms with Crippen LogP contribution in [-0.4, -0.2) is 35.1 Å². The van der Waals surface area contributed by atoms with Crippen molar-refractivity contribution in [3.8, 4) is 0 Å². The number of carbonyl (C=O) groups excluding carboxylic acids is 3. The highest BCUT2D eigenvalue weighted by Gasteiger charge is 2.61. The molecule has 2 amide bonds. The van der Waals surface area contributed by atoms with Crippen molar-refractivity contribution in [2.45, 2.75) is 31.9 Å². The Balaban J connectivity index is 1.99. The van der Waals surface area contributed by atoms with Crippen LogP contribution in [0.25, 0.3) is 0 Å². The van der Waals surface area contributed by atoms with Gasteiger partial charge in [-0.2, -0.15) is 0 Å². The number of benzene rings is 2. The molecule has 0 aromatic heterocycles. The van der Waals surface area contributed by atoms with Gasteiger partial charge in [-0.25, -0.2) is 14.5 Å². The summed E-state index contributed by atoms with van der Waals surface area (Å²) in [5, 5.41) is 0.447. The molecule has 146 valence electrons. The van der Waals surface area contributed by atoms with Gasteiger partial charge in [0.2, 0.25) is 0 Å². The molecule has 0 N–H and O–H groups in total. The van der Waals surface area contributed by atoms with E-state index in [-0.39, 0.29) is 13.0 Å². The van der Waals surface area contributed by atoms with E-state index in [2.05, 4.69) is 0 Å². The second kappa shape index (κ2) is 8.02. The fourth-order valence-electron chi connectivity index (χ4n) is 3.23. The quantitative estimate of drug-likeness (QED) is 0.541. The third kappa shape index (κ3) is 3.60. The number of halogens is 1. The first-order valence-electron chi connectivity index (χ1n) is 8.92. The minimum Gasteiger partial charge on any atom is -0.463 e. The molecule has 1 heterocycles. The van der Waals surface area contributed by atoms with Crippen molar-refractivity contribution in [1.82, 2.24) is 4.90 Å². The van der Waals surface area contributed by atoms with Crippen LogP contribution in [0.3, 0.4) is 0 Å². The van der Waals surface area contributed by atoms with Crippen molar-refractivity contribution in [2.24, 2.45) is 0 Å². The highest BCUT2D eigenvalue weighted by atomic mass is 35.5. The molecule has 0 saturated carbocycles. The van der Waals surface area contributed by atoms with E-state index < -0.39 is 29.6 Å². The summed E-state index contributed by atoms with van der Waals surface area (Å²) >= 11 is 6.02. The van der Waals surface area contributed by atoms with E-state index in [9.17, 15) is 14.4 Å². The van der Waals surface area contributed by atoms with Crippen LogP contribution in [0.15, 0.2) is 54.6 Å². The van der Waals surface area contributed by atoms with Gasteiger partial charge in [-0.05, 0) is 37.1 Å². The van der Waals surface area contributed by atoms with E-state index in [0.717, 1.165) is 10.5 Å². The molecular weight excluding hydrogens is 382 g/mol. The highest BCUT2D eigenvalue weighted by Crippen LogP contribution is 2.35. The highest BCUT2D eigenvalue weighted by molar-refractivity contribution is 6.30. The molecule has 7 heteroatoms. The van der Waals surface area contributed by atoms with Gasteiger partial charge >= 0.3 is 12.1 Å². The lowest BCUT2D eigenvalue weighted by Gasteiger charge is -2.24. The fourth-order valence-corrected chi connectivity index (χ4v) is 3.44. The summed E-state index contributed by atoms with van der Waals surface area (Å²) in [5.74, 6) is -1.64. The van der Waals surface area contributed by atoms with Crippen LogP contribution >= 0.6 is 11.6 Å². The topological polar surface area (TPSA) is 72.9 Å². The summed E-state index contributed by atoms with van der Waals surface area (Å²) in [6.45, 7) is 3.38. The predicted octanol–water partition coefficient (Wildman–Crippen LogP) is 3.92. The van der Waals surface area contributed by atoms with Crippen LogP contribution in [0, 0.1) is 0 Å². The monoisotopic (exact) mass is 401 g/mol. The number of amides is 2. The number of rotatable bonds is 6. The molecule has 0 spiro atoms. The van der Waals surface area contributed by atoms with Crippen molar-refractivity contribution in [3.05, 3.63) is 70.7 Å². The second-order valence-corrected chi connectivity index (χ2v) is 6.92. The van der Waals surface area contributed by atoms with E-state index in [1.807, 2.05) is 18.2 Å². The van der Waals surface area contributed by atoms with E-state index in [1.165, 1.54) is 0 Å². The Morgan fingerprint density at radius 3 is 2.54 bits per heavy atom. The maximum absolute atomic E-state index is 13.3. The SMILES string of the molecule is CCOC(=O)[C@]1(Cc2cccc(Cl)c2)OC(=O)N([C@H](C)c2ccccc2)C1=O. The number of ether oxygens (including phenoxy) is 2. The Morgan fingerprint density at radius 1 is 1.18 bits per heavy atom. The minimum atomic E-state index is -2.07. The Labute approximate surface area is 168 Å². The summed E-state index contributed by atoms with van der Waals surface area (Å²) in [7, 11) is 0. The zero-order valence-corrected chi connectivity index (χ0v) is 16.3. The van der Waals surface area contributed by atoms with E-state index in [4.69, 9.17) is 21.1 Å². The molecule has 1 saturated heterocycles. The van der Waals surface area contributed by atoms with Crippen molar-refractivity contribution < 1.29 is 23.9 Å². The molecule has 3 rings (SSSR count). The van der Waals surface area contributed by atoms with Crippen LogP contribution in [0.1, 0.15) is 31.0 Å². The third-order valence-corrected chi connectivity index (χ3v) is 4.87. The van der Waals surface area contributed by atoms with E-state index in [1.54, 1.807) is 50.2 Å². The van der Waals surface area contributed by atoms with Gasteiger partial charge in [0, 0.05) is 11.4 Å². The Kier molecular flexibility index (Phi) is 5.70. The van der Waals surface area contributed by atoms with E-state index >= 15 is 0 Å². The number of carbonyl (C=O) groups is 3. The average Bonchev–Trinajstić information content (AvgIpc) is 2.93. The minimum absolute atomic E-state index is 0.0508. The van der Waals surface area contributed by atoms with Crippen LogP contribution in [0.2, 0.25) is 5.02 Å². The van der Waals surface area contributed by atoms with Gasteiger partial charge in [0.05, 0.1) is 12.6 Å². The maximum atomic E-state index is 13.3. The molecule has 0 radical (unpaired) electrons. The lowest BCUT2D eigenvalue weighted by molar-refractivity contribution is -0.167. The van der Waals surface area contributed by atoms with E-state index in [0.29, 0.717) is 10.6 Å². The molecule has 2 aromatic rings. The van der Waals surface area contributed by atoms with Gasteiger partial charge in [0.15, 0.2) is 0 Å². The molecule has 1 fully saturated rings. The largest absolute Gasteiger partial charge is 0.463 e. The number of hydrogen-bond donors (Lipinski definition) is 0. The maximum Gasteiger partial charge on any atom is 0.418 e. The first-order chi connectivity index (χ1) is 13.4. The lowest BCUT2D eigenvalue weighted by atomic mass is 9.92. The summed E-state index contributed by atoms with van der Waals surface area (Å²) in [5.41, 5.74) is -0.744. The number of imide groups is 1. The summed E-state index contributed by atoms with van der Waals surface area (Å²) < 4.78 is 10.5. The second-order valence-electron chi connectivity index (χ2n) is 6.48. The number of esters is 1. The molecule has 1 aliphatic rings. The standard InChI is InChI=1S/C21H20ClNO5/c1-3-27-19(25)21(13-15-8-7-11-17(22)12-15)18(24)23(20(26)28-21)14(2)16-9-5-4-6-10-16/h4-12,14H,3,13H2,1-2H3/t14-,21-/m1/s1. The van der Waals surface area contributed by atoms with Crippen LogP contribution in [0.4, 0.5) is 4.79 Å². The van der Waals surface area contributed by atoms with Crippen LogP contribution in [-0.2, 0) is 25.5 Å². The lowest BCUT2D eigenvalue weighted by Crippen LogP contribution is -2.51. The first-order valence-corrected chi connectivity index (χ1v) is 9.30. The van der Waals surface area contributed by atoms with Gasteiger partial charge in [0.1, 0.15) is 0 Å². The van der Waals surface area contributed by atoms with Gasteiger partial charge in [-0.1, -0.05) is 54.1 Å². The molecule has 6 nitrogen and oxygen atoms in total. The van der Waals surface area contributed by atoms with Gasteiger partial charge in [0.25, 0.3) is 11.5 Å². The third-order valence-electron chi connectivity index (χ3n) is 4.64. The normalized spacial score (nSPS) is 20.0. The fraction of sp³-hybridized carbons (Fsp3) is 0.286. The summed E-state index contributed by atoms with van der Waals surface area (Å²) in [6, 6.07) is 15.1. The molecule has 28 heavy (non-hydrogen) atoms. The Hall–Kier alpha value is -2.86. The summed E-state index contributed by atoms with van der Waals surface area (Å²) in [6.07, 6.45) is -1.04. The van der Waals surface area contributed by atoms with Crippen molar-refractivity contribution in [1.29, 1.82) is 0 Å². The number of cyclic esters (lactones) is 1. The van der Waals surface area contributed by atoms with Crippen molar-refractivity contribution in [2.75, 3.05) is 6.61 Å². The van der Waals surface area contributed by atoms with Gasteiger partial charge in [-0.3, -0.25) is 4.79 Å². The first kappa shape index (κ1) is 19.9. The van der Waals surface area contributed by atoms with Gasteiger partial charge in [-0.15, -0.1) is 0 Å². The van der Waals surface area contributed by atoms with Crippen molar-refractivity contribution >= 4 is 29.6 Å². The number of hydrogen-bond acceptors (Lipinski definition) is 5.